The van der Waals surface area contributed by atoms with Crippen LogP contribution >= 0.6 is 0 Å². The average Bonchev–Trinajstić information content (AvgIpc) is 2.24. The number of hydrogen-bond acceptors (Lipinski definition) is 6. The lowest BCUT2D eigenvalue weighted by atomic mass is 10.4. The van der Waals surface area contributed by atoms with Crippen LogP contribution in [0, 0.1) is 0 Å². The zero-order chi connectivity index (χ0) is 14.0. The van der Waals surface area contributed by atoms with Gasteiger partial charge < -0.3 is 11.2 Å². The van der Waals surface area contributed by atoms with Gasteiger partial charge in [0, 0.05) is 6.26 Å². The fourth-order valence-corrected chi connectivity index (χ4v) is 1.48. The molecule has 0 aromatic carbocycles. The van der Waals surface area contributed by atoms with E-state index >= 15 is 0 Å². The summed E-state index contributed by atoms with van der Waals surface area (Å²) in [6, 6.07) is 2.43. The highest BCUT2D eigenvalue weighted by Gasteiger charge is 2.36. The monoisotopic (exact) mass is 284 g/mol. The normalized spacial score (nSPS) is 14.3. The predicted molar refractivity (Wildman–Crippen MR) is 58.1 cm³/mol. The van der Waals surface area contributed by atoms with Crippen LogP contribution in [-0.4, -0.2) is 32.0 Å². The molecule has 1 unspecified atom stereocenters. The lowest BCUT2D eigenvalue weighted by Crippen LogP contribution is -2.51. The minimum atomic E-state index is -4.59. The zero-order valence-corrected chi connectivity index (χ0v) is 10.0. The molecule has 0 radical (unpaired) electrons. The van der Waals surface area contributed by atoms with Gasteiger partial charge in [0.1, 0.15) is 0 Å². The minimum absolute atomic E-state index is 0.155. The number of nitrogens with zero attached hydrogens (tertiary/aromatic N) is 1. The average molecular weight is 284 g/mol. The van der Waals surface area contributed by atoms with Crippen LogP contribution in [0.1, 0.15) is 0 Å². The fraction of sp³-hybridized carbons (Fsp3) is 0.375. The standard InChI is InChI=1S/C8H11F3N4O2S/c1-18(16,17)6-3-2-5(4-13-6)14-15-7(12)8(9,10)11/h2-4,7,14-15H,12H2,1H3. The van der Waals surface area contributed by atoms with E-state index in [-0.39, 0.29) is 10.7 Å². The van der Waals surface area contributed by atoms with Crippen molar-refractivity contribution in [2.24, 2.45) is 5.73 Å². The molecule has 18 heavy (non-hydrogen) atoms. The van der Waals surface area contributed by atoms with E-state index in [1.165, 1.54) is 12.1 Å². The minimum Gasteiger partial charge on any atom is -0.318 e. The summed E-state index contributed by atoms with van der Waals surface area (Å²) >= 11 is 0. The quantitative estimate of drug-likeness (QED) is 0.541. The molecule has 6 nitrogen and oxygen atoms in total. The van der Waals surface area contributed by atoms with Gasteiger partial charge in [-0.05, 0) is 12.1 Å². The molecular formula is C8H11F3N4O2S. The Labute approximate surface area is 101 Å². The number of anilines is 1. The fourth-order valence-electron chi connectivity index (χ4n) is 0.916. The van der Waals surface area contributed by atoms with Crippen molar-refractivity contribution in [3.8, 4) is 0 Å². The summed E-state index contributed by atoms with van der Waals surface area (Å²) in [6.07, 6.45) is -4.79. The van der Waals surface area contributed by atoms with Crippen molar-refractivity contribution >= 4 is 15.5 Å². The molecule has 1 atom stereocenters. The zero-order valence-electron chi connectivity index (χ0n) is 9.19. The molecule has 0 aliphatic carbocycles. The van der Waals surface area contributed by atoms with Crippen LogP contribution in [0.3, 0.4) is 0 Å². The Morgan fingerprint density at radius 1 is 1.39 bits per heavy atom. The molecule has 4 N–H and O–H groups in total. The lowest BCUT2D eigenvalue weighted by molar-refractivity contribution is -0.153. The molecule has 0 spiro atoms. The number of sulfone groups is 1. The number of halogens is 3. The summed E-state index contributed by atoms with van der Waals surface area (Å²) in [5, 5.41) is -0.173. The maximum Gasteiger partial charge on any atom is 0.418 e. The molecular weight excluding hydrogens is 273 g/mol. The number of hydrogen-bond donors (Lipinski definition) is 3. The number of nitrogens with two attached hydrogens (primary N) is 1. The SMILES string of the molecule is CS(=O)(=O)c1ccc(NNC(N)C(F)(F)F)cn1. The van der Waals surface area contributed by atoms with Crippen molar-refractivity contribution in [1.29, 1.82) is 0 Å². The second-order valence-corrected chi connectivity index (χ2v) is 5.41. The van der Waals surface area contributed by atoms with Crippen molar-refractivity contribution in [3.63, 3.8) is 0 Å². The molecule has 0 aliphatic rings. The van der Waals surface area contributed by atoms with Gasteiger partial charge in [-0.15, -0.1) is 0 Å². The number of alkyl halides is 3. The van der Waals surface area contributed by atoms with Gasteiger partial charge in [0.2, 0.25) is 0 Å². The summed E-state index contributed by atoms with van der Waals surface area (Å²) in [5.74, 6) is 0. The van der Waals surface area contributed by atoms with Crippen molar-refractivity contribution in [2.75, 3.05) is 11.7 Å². The second-order valence-electron chi connectivity index (χ2n) is 3.45. The van der Waals surface area contributed by atoms with Crippen LogP contribution in [0.5, 0.6) is 0 Å². The molecule has 1 heterocycles. The Morgan fingerprint density at radius 3 is 2.39 bits per heavy atom. The van der Waals surface area contributed by atoms with E-state index in [9.17, 15) is 21.6 Å². The molecule has 0 fully saturated rings. The molecule has 0 aliphatic heterocycles. The largest absolute Gasteiger partial charge is 0.418 e. The number of nitrogens with one attached hydrogen (secondary N) is 2. The summed E-state index contributed by atoms with van der Waals surface area (Å²) < 4.78 is 58.3. The summed E-state index contributed by atoms with van der Waals surface area (Å²) in [7, 11) is -3.44. The van der Waals surface area contributed by atoms with Gasteiger partial charge in [0.15, 0.2) is 21.0 Å². The van der Waals surface area contributed by atoms with Crippen molar-refractivity contribution in [2.45, 2.75) is 17.4 Å². The Bertz CT molecular complexity index is 500. The van der Waals surface area contributed by atoms with Crippen molar-refractivity contribution < 1.29 is 21.6 Å². The van der Waals surface area contributed by atoms with Crippen molar-refractivity contribution in [3.05, 3.63) is 18.3 Å². The Morgan fingerprint density at radius 2 is 2.00 bits per heavy atom. The first-order valence-corrected chi connectivity index (χ1v) is 6.50. The Balaban J connectivity index is 2.66. The van der Waals surface area contributed by atoms with E-state index in [0.29, 0.717) is 0 Å². The van der Waals surface area contributed by atoms with Gasteiger partial charge in [0.25, 0.3) is 0 Å². The van der Waals surface area contributed by atoms with Crippen LogP contribution in [0.2, 0.25) is 0 Å². The van der Waals surface area contributed by atoms with E-state index in [1.807, 2.05) is 5.43 Å². The lowest BCUT2D eigenvalue weighted by Gasteiger charge is -2.18. The summed E-state index contributed by atoms with van der Waals surface area (Å²) in [6.45, 7) is 0. The number of hydrazine groups is 1. The van der Waals surface area contributed by atoms with Gasteiger partial charge in [-0.25, -0.2) is 18.8 Å². The summed E-state index contributed by atoms with van der Waals surface area (Å²) in [5.41, 5.74) is 8.93. The van der Waals surface area contributed by atoms with Gasteiger partial charge >= 0.3 is 6.18 Å². The Hall–Kier alpha value is -1.39. The third-order valence-electron chi connectivity index (χ3n) is 1.84. The maximum atomic E-state index is 12.0. The predicted octanol–water partition coefficient (Wildman–Crippen LogP) is 0.249. The highest BCUT2D eigenvalue weighted by atomic mass is 32.2. The number of rotatable bonds is 4. The molecule has 0 saturated heterocycles. The molecule has 1 rings (SSSR count). The molecule has 1 aromatic heterocycles. The summed E-state index contributed by atoms with van der Waals surface area (Å²) in [4.78, 5) is 3.58. The number of pyridine rings is 1. The molecule has 1 aromatic rings. The smallest absolute Gasteiger partial charge is 0.318 e. The maximum absolute atomic E-state index is 12.0. The third kappa shape index (κ3) is 4.13. The Kier molecular flexibility index (Phi) is 4.14. The van der Waals surface area contributed by atoms with Crippen LogP contribution in [0.25, 0.3) is 0 Å². The van der Waals surface area contributed by atoms with E-state index in [1.54, 1.807) is 0 Å². The second kappa shape index (κ2) is 5.08. The molecule has 0 amide bonds. The van der Waals surface area contributed by atoms with Crippen molar-refractivity contribution in [1.82, 2.24) is 10.4 Å². The van der Waals surface area contributed by atoms with E-state index in [0.717, 1.165) is 12.5 Å². The highest BCUT2D eigenvalue weighted by molar-refractivity contribution is 7.90. The molecule has 10 heteroatoms. The van der Waals surface area contributed by atoms with Gasteiger partial charge in [-0.1, -0.05) is 0 Å². The van der Waals surface area contributed by atoms with E-state index in [2.05, 4.69) is 10.4 Å². The molecule has 0 bridgehead atoms. The van der Waals surface area contributed by atoms with Gasteiger partial charge in [0.05, 0.1) is 11.9 Å². The third-order valence-corrected chi connectivity index (χ3v) is 2.84. The topological polar surface area (TPSA) is 97.1 Å². The molecule has 102 valence electrons. The van der Waals surface area contributed by atoms with Crippen LogP contribution < -0.4 is 16.6 Å². The van der Waals surface area contributed by atoms with Crippen LogP contribution in [0.4, 0.5) is 18.9 Å². The van der Waals surface area contributed by atoms with Gasteiger partial charge in [-0.3, -0.25) is 0 Å². The first-order valence-electron chi connectivity index (χ1n) is 4.60. The molecule has 0 saturated carbocycles. The van der Waals surface area contributed by atoms with Crippen LogP contribution in [-0.2, 0) is 9.84 Å². The van der Waals surface area contributed by atoms with E-state index in [4.69, 9.17) is 5.73 Å². The first kappa shape index (κ1) is 14.7. The first-order chi connectivity index (χ1) is 8.10. The van der Waals surface area contributed by atoms with Gasteiger partial charge in [-0.2, -0.15) is 13.2 Å². The van der Waals surface area contributed by atoms with Crippen LogP contribution in [0.15, 0.2) is 23.4 Å². The highest BCUT2D eigenvalue weighted by Crippen LogP contribution is 2.16. The number of aromatic nitrogens is 1. The van der Waals surface area contributed by atoms with E-state index < -0.39 is 22.2 Å².